The lowest BCUT2D eigenvalue weighted by atomic mass is 10.0. The number of H-pyrrole nitrogens is 1. The van der Waals surface area contributed by atoms with Crippen molar-refractivity contribution in [2.24, 2.45) is 0 Å². The molecule has 2 fully saturated rings. The van der Waals surface area contributed by atoms with Crippen molar-refractivity contribution in [2.45, 2.75) is 31.9 Å². The van der Waals surface area contributed by atoms with Crippen LogP contribution in [0.25, 0.3) is 21.8 Å². The third kappa shape index (κ3) is 3.92. The predicted octanol–water partition coefficient (Wildman–Crippen LogP) is 3.75. The molecule has 0 radical (unpaired) electrons. The Morgan fingerprint density at radius 2 is 1.89 bits per heavy atom. The molecule has 2 aliphatic heterocycles. The van der Waals surface area contributed by atoms with Crippen LogP contribution in [0.3, 0.4) is 0 Å². The van der Waals surface area contributed by atoms with Gasteiger partial charge < -0.3 is 19.4 Å². The number of carbonyl (C=O) groups is 1. The van der Waals surface area contributed by atoms with Gasteiger partial charge in [0, 0.05) is 30.7 Å². The molecular formula is C27H28N4O4. The molecule has 1 atom stereocenters. The Labute approximate surface area is 202 Å². The Kier molecular flexibility index (Phi) is 5.62. The van der Waals surface area contributed by atoms with Crippen LogP contribution in [0.2, 0.25) is 0 Å². The van der Waals surface area contributed by atoms with Crippen molar-refractivity contribution in [3.05, 3.63) is 75.7 Å². The van der Waals surface area contributed by atoms with Crippen molar-refractivity contribution in [1.82, 2.24) is 19.7 Å². The third-order valence-electron chi connectivity index (χ3n) is 7.20. The maximum Gasteiger partial charge on any atom is 0.259 e. The average molecular weight is 473 g/mol. The number of fused-ring (bicyclic) bond motifs is 3. The van der Waals surface area contributed by atoms with Crippen LogP contribution in [0, 0.1) is 6.92 Å². The molecule has 1 amide bonds. The fourth-order valence-corrected chi connectivity index (χ4v) is 5.30. The van der Waals surface area contributed by atoms with E-state index >= 15 is 0 Å². The molecule has 0 spiro atoms. The number of morpholine rings is 1. The van der Waals surface area contributed by atoms with Crippen LogP contribution in [0.1, 0.15) is 46.5 Å². The summed E-state index contributed by atoms with van der Waals surface area (Å²) in [6, 6.07) is 14.0. The zero-order chi connectivity index (χ0) is 23.9. The van der Waals surface area contributed by atoms with E-state index in [1.165, 1.54) is 0 Å². The molecule has 2 aromatic heterocycles. The van der Waals surface area contributed by atoms with Gasteiger partial charge in [0.25, 0.3) is 11.5 Å². The summed E-state index contributed by atoms with van der Waals surface area (Å²) in [5.74, 6) is -0.0230. The monoisotopic (exact) mass is 472 g/mol. The van der Waals surface area contributed by atoms with Gasteiger partial charge in [0.15, 0.2) is 0 Å². The van der Waals surface area contributed by atoms with E-state index < -0.39 is 0 Å². The summed E-state index contributed by atoms with van der Waals surface area (Å²) < 4.78 is 13.5. The molecule has 35 heavy (non-hydrogen) atoms. The third-order valence-corrected chi connectivity index (χ3v) is 7.20. The zero-order valence-corrected chi connectivity index (χ0v) is 19.7. The number of carbonyl (C=O) groups excluding carboxylic acids is 1. The van der Waals surface area contributed by atoms with Gasteiger partial charge in [-0.2, -0.15) is 5.10 Å². The Morgan fingerprint density at radius 3 is 2.69 bits per heavy atom. The van der Waals surface area contributed by atoms with Gasteiger partial charge in [0.05, 0.1) is 41.8 Å². The summed E-state index contributed by atoms with van der Waals surface area (Å²) in [5, 5.41) is 5.97. The Morgan fingerprint density at radius 1 is 1.09 bits per heavy atom. The first-order chi connectivity index (χ1) is 17.1. The SMILES string of the molecule is Cc1cc2[nH]c(=O)c3cnn(C4CCOCC4)c3c2cc1C(=O)N1CCOC(c2ccccc2)C1. The minimum Gasteiger partial charge on any atom is -0.381 e. The fraction of sp³-hybridized carbons (Fsp3) is 0.370. The molecule has 4 heterocycles. The van der Waals surface area contributed by atoms with Crippen molar-refractivity contribution in [1.29, 1.82) is 0 Å². The van der Waals surface area contributed by atoms with Gasteiger partial charge in [-0.1, -0.05) is 30.3 Å². The summed E-state index contributed by atoms with van der Waals surface area (Å²) in [6.07, 6.45) is 3.18. The van der Waals surface area contributed by atoms with E-state index in [0.29, 0.717) is 43.9 Å². The van der Waals surface area contributed by atoms with Crippen LogP contribution in [0.5, 0.6) is 0 Å². The first kappa shape index (κ1) is 22.0. The molecule has 2 saturated heterocycles. The standard InChI is InChI=1S/C27H28N4O4/c1-17-13-23-21(25-22(26(32)29-23)15-28-31(25)19-7-10-34-11-8-19)14-20(17)27(33)30-9-12-35-24(16-30)18-5-3-2-4-6-18/h2-6,13-15,19,24H,7-12,16H2,1H3,(H,29,32). The number of ether oxygens (including phenoxy) is 2. The number of pyridine rings is 1. The number of aromatic nitrogens is 3. The molecule has 2 aromatic carbocycles. The number of hydrogen-bond donors (Lipinski definition) is 1. The normalized spacial score (nSPS) is 19.5. The molecule has 0 bridgehead atoms. The summed E-state index contributed by atoms with van der Waals surface area (Å²) in [5.41, 5.74) is 3.88. The highest BCUT2D eigenvalue weighted by atomic mass is 16.5. The van der Waals surface area contributed by atoms with Crippen LogP contribution in [0.4, 0.5) is 0 Å². The first-order valence-corrected chi connectivity index (χ1v) is 12.2. The second-order valence-electron chi connectivity index (χ2n) is 9.38. The van der Waals surface area contributed by atoms with E-state index in [9.17, 15) is 9.59 Å². The van der Waals surface area contributed by atoms with Gasteiger partial charge in [-0.15, -0.1) is 0 Å². The maximum absolute atomic E-state index is 13.7. The molecule has 6 rings (SSSR count). The van der Waals surface area contributed by atoms with Crippen molar-refractivity contribution < 1.29 is 14.3 Å². The van der Waals surface area contributed by atoms with Crippen molar-refractivity contribution in [3.63, 3.8) is 0 Å². The first-order valence-electron chi connectivity index (χ1n) is 12.2. The van der Waals surface area contributed by atoms with E-state index in [4.69, 9.17) is 9.47 Å². The quantitative estimate of drug-likeness (QED) is 0.491. The fourth-order valence-electron chi connectivity index (χ4n) is 5.30. The Balaban J connectivity index is 1.41. The summed E-state index contributed by atoms with van der Waals surface area (Å²) in [6.45, 7) is 4.80. The topological polar surface area (TPSA) is 89.4 Å². The van der Waals surface area contributed by atoms with E-state index in [1.54, 1.807) is 6.20 Å². The zero-order valence-electron chi connectivity index (χ0n) is 19.7. The van der Waals surface area contributed by atoms with Crippen LogP contribution in [-0.2, 0) is 9.47 Å². The second-order valence-corrected chi connectivity index (χ2v) is 9.38. The smallest absolute Gasteiger partial charge is 0.259 e. The maximum atomic E-state index is 13.7. The molecule has 8 nitrogen and oxygen atoms in total. The number of nitrogens with zero attached hydrogens (tertiary/aromatic N) is 3. The van der Waals surface area contributed by atoms with Gasteiger partial charge in [-0.25, -0.2) is 0 Å². The minimum absolute atomic E-state index is 0.0230. The number of aromatic amines is 1. The van der Waals surface area contributed by atoms with Gasteiger partial charge >= 0.3 is 0 Å². The van der Waals surface area contributed by atoms with Crippen molar-refractivity contribution in [3.8, 4) is 0 Å². The van der Waals surface area contributed by atoms with Crippen LogP contribution < -0.4 is 5.56 Å². The number of nitrogens with one attached hydrogen (secondary N) is 1. The van der Waals surface area contributed by atoms with Crippen LogP contribution in [-0.4, -0.2) is 58.5 Å². The molecule has 0 saturated carbocycles. The summed E-state index contributed by atoms with van der Waals surface area (Å²) >= 11 is 0. The Hall–Kier alpha value is -3.49. The number of hydrogen-bond acceptors (Lipinski definition) is 5. The molecule has 4 aromatic rings. The molecule has 0 aliphatic carbocycles. The highest BCUT2D eigenvalue weighted by molar-refractivity contribution is 6.07. The van der Waals surface area contributed by atoms with Crippen LogP contribution >= 0.6 is 0 Å². The molecular weight excluding hydrogens is 444 g/mol. The molecule has 1 unspecified atom stereocenters. The lowest BCUT2D eigenvalue weighted by Crippen LogP contribution is -2.42. The predicted molar refractivity (Wildman–Crippen MR) is 133 cm³/mol. The van der Waals surface area contributed by atoms with E-state index in [0.717, 1.165) is 40.4 Å². The van der Waals surface area contributed by atoms with Gasteiger partial charge in [0.2, 0.25) is 0 Å². The minimum atomic E-state index is -0.164. The number of aryl methyl sites for hydroxylation is 1. The highest BCUT2D eigenvalue weighted by Gasteiger charge is 2.28. The molecule has 180 valence electrons. The van der Waals surface area contributed by atoms with Crippen molar-refractivity contribution in [2.75, 3.05) is 32.9 Å². The van der Waals surface area contributed by atoms with E-state index in [2.05, 4.69) is 10.1 Å². The summed E-state index contributed by atoms with van der Waals surface area (Å²) in [7, 11) is 0. The van der Waals surface area contributed by atoms with Crippen LogP contribution in [0.15, 0.2) is 53.5 Å². The summed E-state index contributed by atoms with van der Waals surface area (Å²) in [4.78, 5) is 31.4. The van der Waals surface area contributed by atoms with Gasteiger partial charge in [-0.05, 0) is 43.0 Å². The average Bonchev–Trinajstić information content (AvgIpc) is 3.35. The molecule has 2 aliphatic rings. The van der Waals surface area contributed by atoms with Gasteiger partial charge in [-0.3, -0.25) is 14.3 Å². The van der Waals surface area contributed by atoms with E-state index in [1.807, 2.05) is 59.0 Å². The largest absolute Gasteiger partial charge is 0.381 e. The molecule has 1 N–H and O–H groups in total. The number of rotatable bonds is 3. The second kappa shape index (κ2) is 8.94. The van der Waals surface area contributed by atoms with Gasteiger partial charge in [0.1, 0.15) is 6.10 Å². The highest BCUT2D eigenvalue weighted by Crippen LogP contribution is 2.31. The molecule has 8 heteroatoms. The lowest BCUT2D eigenvalue weighted by Gasteiger charge is -2.33. The lowest BCUT2D eigenvalue weighted by molar-refractivity contribution is -0.0228. The number of amides is 1. The number of benzene rings is 2. The van der Waals surface area contributed by atoms with E-state index in [-0.39, 0.29) is 23.6 Å². The van der Waals surface area contributed by atoms with Crippen molar-refractivity contribution >= 4 is 27.7 Å². The Bertz CT molecular complexity index is 1450.